The molecular formula is C11H24N2O2. The fourth-order valence-corrected chi connectivity index (χ4v) is 2.09. The lowest BCUT2D eigenvalue weighted by atomic mass is 10.2. The SMILES string of the molecule is COCCNCCNC1CCCC1OC. The van der Waals surface area contributed by atoms with Gasteiger partial charge < -0.3 is 20.1 Å². The standard InChI is InChI=1S/C11H24N2O2/c1-14-9-8-12-6-7-13-10-4-3-5-11(10)15-2/h10-13H,3-9H2,1-2H3. The Morgan fingerprint density at radius 2 is 2.00 bits per heavy atom. The molecule has 1 fully saturated rings. The van der Waals surface area contributed by atoms with Gasteiger partial charge in [0, 0.05) is 39.9 Å². The summed E-state index contributed by atoms with van der Waals surface area (Å²) < 4.78 is 10.4. The minimum Gasteiger partial charge on any atom is -0.383 e. The third-order valence-corrected chi connectivity index (χ3v) is 2.95. The molecule has 0 aromatic carbocycles. The lowest BCUT2D eigenvalue weighted by Crippen LogP contribution is -2.40. The van der Waals surface area contributed by atoms with Crippen LogP contribution in [0.5, 0.6) is 0 Å². The molecule has 2 unspecified atom stereocenters. The molecule has 1 saturated carbocycles. The molecule has 0 aromatic rings. The number of methoxy groups -OCH3 is 2. The number of hydrogen-bond donors (Lipinski definition) is 2. The molecule has 90 valence electrons. The summed E-state index contributed by atoms with van der Waals surface area (Å²) in [5.41, 5.74) is 0. The zero-order valence-corrected chi connectivity index (χ0v) is 9.92. The van der Waals surface area contributed by atoms with E-state index in [0.29, 0.717) is 12.1 Å². The van der Waals surface area contributed by atoms with Crippen molar-refractivity contribution in [3.63, 3.8) is 0 Å². The predicted molar refractivity (Wildman–Crippen MR) is 61.2 cm³/mol. The Hall–Kier alpha value is -0.160. The third kappa shape index (κ3) is 4.93. The number of hydrogen-bond acceptors (Lipinski definition) is 4. The molecule has 15 heavy (non-hydrogen) atoms. The van der Waals surface area contributed by atoms with Crippen LogP contribution in [-0.4, -0.2) is 52.6 Å². The van der Waals surface area contributed by atoms with Gasteiger partial charge in [0.1, 0.15) is 0 Å². The quantitative estimate of drug-likeness (QED) is 0.576. The summed E-state index contributed by atoms with van der Waals surface area (Å²) in [5.74, 6) is 0. The van der Waals surface area contributed by atoms with Gasteiger partial charge in [0.25, 0.3) is 0 Å². The van der Waals surface area contributed by atoms with Gasteiger partial charge in [0.2, 0.25) is 0 Å². The van der Waals surface area contributed by atoms with E-state index < -0.39 is 0 Å². The Morgan fingerprint density at radius 1 is 1.13 bits per heavy atom. The van der Waals surface area contributed by atoms with Gasteiger partial charge in [0.15, 0.2) is 0 Å². The molecule has 1 aliphatic rings. The Bertz CT molecular complexity index is 156. The normalized spacial score (nSPS) is 26.0. The first-order chi connectivity index (χ1) is 7.38. The highest BCUT2D eigenvalue weighted by Gasteiger charge is 2.25. The summed E-state index contributed by atoms with van der Waals surface area (Å²) in [6, 6.07) is 0.555. The van der Waals surface area contributed by atoms with Crippen LogP contribution in [0.2, 0.25) is 0 Å². The molecule has 0 bridgehead atoms. The van der Waals surface area contributed by atoms with E-state index >= 15 is 0 Å². The van der Waals surface area contributed by atoms with E-state index in [1.807, 2.05) is 7.11 Å². The van der Waals surface area contributed by atoms with Gasteiger partial charge in [-0.25, -0.2) is 0 Å². The Kier molecular flexibility index (Phi) is 6.92. The summed E-state index contributed by atoms with van der Waals surface area (Å²) in [7, 11) is 3.53. The molecule has 2 N–H and O–H groups in total. The summed E-state index contributed by atoms with van der Waals surface area (Å²) in [4.78, 5) is 0. The van der Waals surface area contributed by atoms with Crippen LogP contribution in [0.15, 0.2) is 0 Å². The molecule has 0 heterocycles. The smallest absolute Gasteiger partial charge is 0.0724 e. The van der Waals surface area contributed by atoms with Crippen molar-refractivity contribution in [1.82, 2.24) is 10.6 Å². The fraction of sp³-hybridized carbons (Fsp3) is 1.00. The maximum atomic E-state index is 5.42. The highest BCUT2D eigenvalue weighted by molar-refractivity contribution is 4.83. The monoisotopic (exact) mass is 216 g/mol. The van der Waals surface area contributed by atoms with E-state index in [2.05, 4.69) is 10.6 Å². The maximum absolute atomic E-state index is 5.42. The Labute approximate surface area is 92.7 Å². The van der Waals surface area contributed by atoms with Crippen LogP contribution >= 0.6 is 0 Å². The van der Waals surface area contributed by atoms with E-state index in [0.717, 1.165) is 26.2 Å². The van der Waals surface area contributed by atoms with E-state index in [-0.39, 0.29) is 0 Å². The minimum atomic E-state index is 0.420. The second kappa shape index (κ2) is 8.05. The third-order valence-electron chi connectivity index (χ3n) is 2.95. The van der Waals surface area contributed by atoms with Crippen LogP contribution in [0.4, 0.5) is 0 Å². The number of ether oxygens (including phenoxy) is 2. The molecule has 0 radical (unpaired) electrons. The van der Waals surface area contributed by atoms with Crippen molar-refractivity contribution in [2.45, 2.75) is 31.4 Å². The molecule has 4 nitrogen and oxygen atoms in total. The molecule has 0 aliphatic heterocycles. The van der Waals surface area contributed by atoms with Crippen LogP contribution in [0.3, 0.4) is 0 Å². The minimum absolute atomic E-state index is 0.420. The van der Waals surface area contributed by atoms with E-state index in [1.165, 1.54) is 19.3 Å². The average Bonchev–Trinajstić information content (AvgIpc) is 2.70. The first-order valence-corrected chi connectivity index (χ1v) is 5.84. The molecule has 0 spiro atoms. The van der Waals surface area contributed by atoms with Gasteiger partial charge >= 0.3 is 0 Å². The largest absolute Gasteiger partial charge is 0.383 e. The topological polar surface area (TPSA) is 42.5 Å². The molecule has 0 amide bonds. The van der Waals surface area contributed by atoms with Crippen molar-refractivity contribution in [2.24, 2.45) is 0 Å². The van der Waals surface area contributed by atoms with Crippen molar-refractivity contribution < 1.29 is 9.47 Å². The summed E-state index contributed by atoms with van der Waals surface area (Å²) >= 11 is 0. The highest BCUT2D eigenvalue weighted by atomic mass is 16.5. The van der Waals surface area contributed by atoms with Crippen molar-refractivity contribution in [3.05, 3.63) is 0 Å². The van der Waals surface area contributed by atoms with Crippen molar-refractivity contribution in [3.8, 4) is 0 Å². The van der Waals surface area contributed by atoms with Gasteiger partial charge in [-0.2, -0.15) is 0 Å². The molecule has 1 rings (SSSR count). The van der Waals surface area contributed by atoms with Gasteiger partial charge in [-0.1, -0.05) is 0 Å². The maximum Gasteiger partial charge on any atom is 0.0724 e. The van der Waals surface area contributed by atoms with Crippen molar-refractivity contribution >= 4 is 0 Å². The van der Waals surface area contributed by atoms with E-state index in [1.54, 1.807) is 7.11 Å². The first-order valence-electron chi connectivity index (χ1n) is 5.84. The second-order valence-electron chi connectivity index (χ2n) is 4.01. The van der Waals surface area contributed by atoms with Crippen LogP contribution in [-0.2, 0) is 9.47 Å². The molecule has 2 atom stereocenters. The second-order valence-corrected chi connectivity index (χ2v) is 4.01. The van der Waals surface area contributed by atoms with Gasteiger partial charge in [0.05, 0.1) is 12.7 Å². The van der Waals surface area contributed by atoms with Crippen LogP contribution < -0.4 is 10.6 Å². The van der Waals surface area contributed by atoms with Gasteiger partial charge in [-0.05, 0) is 19.3 Å². The lowest BCUT2D eigenvalue weighted by molar-refractivity contribution is 0.0853. The lowest BCUT2D eigenvalue weighted by Gasteiger charge is -2.19. The molecule has 1 aliphatic carbocycles. The van der Waals surface area contributed by atoms with Crippen molar-refractivity contribution in [1.29, 1.82) is 0 Å². The summed E-state index contributed by atoms with van der Waals surface area (Å²) in [5, 5.41) is 6.85. The van der Waals surface area contributed by atoms with Crippen LogP contribution in [0.25, 0.3) is 0 Å². The molecule has 4 heteroatoms. The van der Waals surface area contributed by atoms with E-state index in [4.69, 9.17) is 9.47 Å². The molecule has 0 saturated heterocycles. The van der Waals surface area contributed by atoms with Gasteiger partial charge in [-0.3, -0.25) is 0 Å². The highest BCUT2D eigenvalue weighted by Crippen LogP contribution is 2.20. The number of rotatable bonds is 8. The van der Waals surface area contributed by atoms with Crippen LogP contribution in [0, 0.1) is 0 Å². The van der Waals surface area contributed by atoms with Crippen LogP contribution in [0.1, 0.15) is 19.3 Å². The molecular weight excluding hydrogens is 192 g/mol. The van der Waals surface area contributed by atoms with Gasteiger partial charge in [-0.15, -0.1) is 0 Å². The molecule has 0 aromatic heterocycles. The average molecular weight is 216 g/mol. The Morgan fingerprint density at radius 3 is 2.73 bits per heavy atom. The predicted octanol–water partition coefficient (Wildman–Crippen LogP) is 0.380. The van der Waals surface area contributed by atoms with E-state index in [9.17, 15) is 0 Å². The first kappa shape index (κ1) is 12.9. The van der Waals surface area contributed by atoms with Crippen molar-refractivity contribution in [2.75, 3.05) is 40.5 Å². The zero-order valence-electron chi connectivity index (χ0n) is 9.92. The number of nitrogens with one attached hydrogen (secondary N) is 2. The zero-order chi connectivity index (χ0) is 10.9. The summed E-state index contributed by atoms with van der Waals surface area (Å²) in [6.07, 6.45) is 4.15. The summed E-state index contributed by atoms with van der Waals surface area (Å²) in [6.45, 7) is 3.71. The Balaban J connectivity index is 1.95. The fourth-order valence-electron chi connectivity index (χ4n) is 2.09.